The van der Waals surface area contributed by atoms with Gasteiger partial charge in [-0.05, 0) is 38.3 Å². The van der Waals surface area contributed by atoms with Gasteiger partial charge in [0.1, 0.15) is 17.2 Å². The number of carbonyl (C=O) groups is 2. The number of carbonyl (C=O) groups excluding carboxylic acids is 1. The van der Waals surface area contributed by atoms with Crippen LogP contribution in [0.3, 0.4) is 0 Å². The van der Waals surface area contributed by atoms with E-state index < -0.39 is 29.0 Å². The van der Waals surface area contributed by atoms with Crippen LogP contribution >= 0.6 is 0 Å². The summed E-state index contributed by atoms with van der Waals surface area (Å²) in [5.41, 5.74) is -1.49. The fourth-order valence-electron chi connectivity index (χ4n) is 2.48. The number of nitrogens with zero attached hydrogens (tertiary/aromatic N) is 1. The molecular weight excluding hydrogens is 268 g/mol. The molecule has 1 aromatic carbocycles. The molecule has 0 saturated carbocycles. The van der Waals surface area contributed by atoms with Crippen molar-refractivity contribution in [2.75, 3.05) is 6.54 Å². The molecule has 0 bridgehead atoms. The fraction of sp³-hybridized carbons (Fsp3) is 0.429. The number of hydrogen-bond acceptors (Lipinski definition) is 2. The molecule has 1 aromatic rings. The zero-order chi connectivity index (χ0) is 15.1. The molecule has 1 fully saturated rings. The molecule has 108 valence electrons. The van der Waals surface area contributed by atoms with Crippen LogP contribution in [0.5, 0.6) is 0 Å². The first-order valence-electron chi connectivity index (χ1n) is 6.28. The second-order valence-electron chi connectivity index (χ2n) is 5.22. The summed E-state index contributed by atoms with van der Waals surface area (Å²) in [4.78, 5) is 24.8. The molecule has 1 atom stereocenters. The number of amides is 1. The first-order chi connectivity index (χ1) is 9.27. The Morgan fingerprint density at radius 1 is 1.30 bits per heavy atom. The monoisotopic (exact) mass is 283 g/mol. The predicted molar refractivity (Wildman–Crippen MR) is 67.4 cm³/mol. The maximum absolute atomic E-state index is 13.8. The molecule has 1 aliphatic heterocycles. The first kappa shape index (κ1) is 14.4. The SMILES string of the molecule is Cc1cc(C(=O)N2CCCC2(C)C(=O)O)c(F)cc1F. The number of likely N-dealkylation sites (tertiary alicyclic amines) is 1. The smallest absolute Gasteiger partial charge is 0.329 e. The van der Waals surface area contributed by atoms with E-state index in [-0.39, 0.29) is 17.7 Å². The molecule has 6 heteroatoms. The van der Waals surface area contributed by atoms with Crippen LogP contribution in [0.1, 0.15) is 35.7 Å². The molecule has 0 aromatic heterocycles. The van der Waals surface area contributed by atoms with Gasteiger partial charge < -0.3 is 10.0 Å². The highest BCUT2D eigenvalue weighted by atomic mass is 19.1. The maximum Gasteiger partial charge on any atom is 0.329 e. The molecule has 20 heavy (non-hydrogen) atoms. The molecule has 1 saturated heterocycles. The van der Waals surface area contributed by atoms with Gasteiger partial charge in [-0.1, -0.05) is 0 Å². The molecule has 1 heterocycles. The van der Waals surface area contributed by atoms with Crippen molar-refractivity contribution in [2.24, 2.45) is 0 Å². The number of hydrogen-bond donors (Lipinski definition) is 1. The normalized spacial score (nSPS) is 22.1. The van der Waals surface area contributed by atoms with Crippen LogP contribution in [-0.2, 0) is 4.79 Å². The van der Waals surface area contributed by atoms with E-state index in [4.69, 9.17) is 0 Å². The minimum Gasteiger partial charge on any atom is -0.480 e. The fourth-order valence-corrected chi connectivity index (χ4v) is 2.48. The number of aryl methyl sites for hydroxylation is 1. The number of rotatable bonds is 2. The highest BCUT2D eigenvalue weighted by molar-refractivity contribution is 5.98. The molecule has 0 aliphatic carbocycles. The molecule has 1 N–H and O–H groups in total. The van der Waals surface area contributed by atoms with Crippen LogP contribution in [-0.4, -0.2) is 34.0 Å². The Morgan fingerprint density at radius 2 is 1.95 bits per heavy atom. The van der Waals surface area contributed by atoms with Crippen LogP contribution in [0.2, 0.25) is 0 Å². The lowest BCUT2D eigenvalue weighted by Gasteiger charge is -2.31. The highest BCUT2D eigenvalue weighted by Crippen LogP contribution is 2.31. The van der Waals surface area contributed by atoms with Gasteiger partial charge in [0.25, 0.3) is 5.91 Å². The van der Waals surface area contributed by atoms with Gasteiger partial charge in [0.2, 0.25) is 0 Å². The minimum atomic E-state index is -1.34. The maximum atomic E-state index is 13.8. The zero-order valence-corrected chi connectivity index (χ0v) is 11.2. The summed E-state index contributed by atoms with van der Waals surface area (Å²) in [5, 5.41) is 9.26. The molecule has 2 rings (SSSR count). The average molecular weight is 283 g/mol. The van der Waals surface area contributed by atoms with Crippen molar-refractivity contribution in [2.45, 2.75) is 32.2 Å². The van der Waals surface area contributed by atoms with E-state index in [1.165, 1.54) is 13.8 Å². The van der Waals surface area contributed by atoms with Crippen molar-refractivity contribution in [1.29, 1.82) is 0 Å². The quantitative estimate of drug-likeness (QED) is 0.906. The summed E-state index contributed by atoms with van der Waals surface area (Å²) < 4.78 is 27.0. The van der Waals surface area contributed by atoms with E-state index in [0.717, 1.165) is 11.0 Å². The van der Waals surface area contributed by atoms with Crippen molar-refractivity contribution < 1.29 is 23.5 Å². The predicted octanol–water partition coefficient (Wildman–Crippen LogP) is 2.35. The van der Waals surface area contributed by atoms with E-state index in [1.54, 1.807) is 0 Å². The van der Waals surface area contributed by atoms with Gasteiger partial charge in [0.05, 0.1) is 5.56 Å². The Kier molecular flexibility index (Phi) is 3.50. The van der Waals surface area contributed by atoms with Gasteiger partial charge in [-0.3, -0.25) is 4.79 Å². The van der Waals surface area contributed by atoms with Gasteiger partial charge in [-0.15, -0.1) is 0 Å². The van der Waals surface area contributed by atoms with Gasteiger partial charge in [-0.2, -0.15) is 0 Å². The van der Waals surface area contributed by atoms with Gasteiger partial charge in [0, 0.05) is 12.6 Å². The van der Waals surface area contributed by atoms with Gasteiger partial charge in [0.15, 0.2) is 0 Å². The van der Waals surface area contributed by atoms with Gasteiger partial charge >= 0.3 is 5.97 Å². The third kappa shape index (κ3) is 2.15. The summed E-state index contributed by atoms with van der Waals surface area (Å²) in [6.45, 7) is 3.11. The van der Waals surface area contributed by atoms with Gasteiger partial charge in [-0.25, -0.2) is 13.6 Å². The summed E-state index contributed by atoms with van der Waals surface area (Å²) in [6.07, 6.45) is 0.853. The van der Waals surface area contributed by atoms with Crippen LogP contribution < -0.4 is 0 Å². The standard InChI is InChI=1S/C14H15F2NO3/c1-8-6-9(11(16)7-10(8)15)12(18)17-5-3-4-14(17,2)13(19)20/h6-7H,3-5H2,1-2H3,(H,19,20). The van der Waals surface area contributed by atoms with Crippen molar-refractivity contribution in [3.8, 4) is 0 Å². The third-order valence-corrected chi connectivity index (χ3v) is 3.83. The largest absolute Gasteiger partial charge is 0.480 e. The van der Waals surface area contributed by atoms with E-state index in [2.05, 4.69) is 0 Å². The van der Waals surface area contributed by atoms with E-state index in [9.17, 15) is 23.5 Å². The Bertz CT molecular complexity index is 588. The van der Waals surface area contributed by atoms with Crippen LogP contribution in [0, 0.1) is 18.6 Å². The number of halogens is 2. The Labute approximate surface area is 115 Å². The Balaban J connectivity index is 2.42. The summed E-state index contributed by atoms with van der Waals surface area (Å²) in [6, 6.07) is 1.77. The second-order valence-corrected chi connectivity index (χ2v) is 5.22. The van der Waals surface area contributed by atoms with E-state index in [0.29, 0.717) is 18.9 Å². The first-order valence-corrected chi connectivity index (χ1v) is 6.28. The summed E-state index contributed by atoms with van der Waals surface area (Å²) >= 11 is 0. The van der Waals surface area contributed by atoms with Crippen molar-refractivity contribution >= 4 is 11.9 Å². The van der Waals surface area contributed by atoms with Crippen molar-refractivity contribution in [3.05, 3.63) is 34.9 Å². The topological polar surface area (TPSA) is 57.6 Å². The number of aliphatic carboxylic acids is 1. The molecule has 1 aliphatic rings. The molecule has 1 unspecified atom stereocenters. The molecule has 4 nitrogen and oxygen atoms in total. The summed E-state index contributed by atoms with van der Waals surface area (Å²) in [7, 11) is 0. The third-order valence-electron chi connectivity index (χ3n) is 3.83. The lowest BCUT2D eigenvalue weighted by molar-refractivity contribution is -0.147. The van der Waals surface area contributed by atoms with Crippen LogP contribution in [0.15, 0.2) is 12.1 Å². The Hall–Kier alpha value is -1.98. The summed E-state index contributed by atoms with van der Waals surface area (Å²) in [5.74, 6) is -3.55. The molecular formula is C14H15F2NO3. The lowest BCUT2D eigenvalue weighted by atomic mass is 9.98. The average Bonchev–Trinajstić information content (AvgIpc) is 2.76. The number of benzene rings is 1. The van der Waals surface area contributed by atoms with E-state index in [1.807, 2.05) is 0 Å². The van der Waals surface area contributed by atoms with Crippen LogP contribution in [0.25, 0.3) is 0 Å². The molecule has 0 spiro atoms. The Morgan fingerprint density at radius 3 is 2.55 bits per heavy atom. The van der Waals surface area contributed by atoms with E-state index >= 15 is 0 Å². The highest BCUT2D eigenvalue weighted by Gasteiger charge is 2.46. The second kappa shape index (κ2) is 4.85. The number of carboxylic acids is 1. The van der Waals surface area contributed by atoms with Crippen LogP contribution in [0.4, 0.5) is 8.78 Å². The zero-order valence-electron chi connectivity index (χ0n) is 11.2. The van der Waals surface area contributed by atoms with Crippen molar-refractivity contribution in [1.82, 2.24) is 4.90 Å². The molecule has 1 amide bonds. The lowest BCUT2D eigenvalue weighted by Crippen LogP contribution is -2.51. The molecule has 0 radical (unpaired) electrons. The van der Waals surface area contributed by atoms with Crippen molar-refractivity contribution in [3.63, 3.8) is 0 Å². The minimum absolute atomic E-state index is 0.144. The number of carboxylic acid groups (broad SMARTS) is 1.